The van der Waals surface area contributed by atoms with Gasteiger partial charge in [0.2, 0.25) is 11.7 Å². The number of rotatable bonds is 19. The van der Waals surface area contributed by atoms with Gasteiger partial charge in [-0.1, -0.05) is 54.6 Å². The number of imidazole rings is 1. The van der Waals surface area contributed by atoms with Crippen molar-refractivity contribution in [3.8, 4) is 5.88 Å². The smallest absolute Gasteiger partial charge is 0.274 e. The molecule has 12 heteroatoms. The van der Waals surface area contributed by atoms with Crippen molar-refractivity contribution in [1.82, 2.24) is 29.2 Å². The van der Waals surface area contributed by atoms with Gasteiger partial charge in [0.15, 0.2) is 0 Å². The highest BCUT2D eigenvalue weighted by Crippen LogP contribution is 2.22. The van der Waals surface area contributed by atoms with Crippen LogP contribution >= 0.6 is 0 Å². The molecule has 12 nitrogen and oxygen atoms in total. The molecule has 0 aliphatic carbocycles. The summed E-state index contributed by atoms with van der Waals surface area (Å²) in [5.41, 5.74) is 6.35. The van der Waals surface area contributed by atoms with Gasteiger partial charge in [0, 0.05) is 49.0 Å². The number of para-hydroxylation sites is 2. The zero-order chi connectivity index (χ0) is 35.4. The fourth-order valence-corrected chi connectivity index (χ4v) is 5.88. The maximum absolute atomic E-state index is 12.8. The van der Waals surface area contributed by atoms with Gasteiger partial charge in [-0.05, 0) is 47.5 Å². The molecule has 0 aliphatic heterocycles. The van der Waals surface area contributed by atoms with E-state index >= 15 is 0 Å². The van der Waals surface area contributed by atoms with Crippen LogP contribution in [0, 0.1) is 0 Å². The van der Waals surface area contributed by atoms with Crippen LogP contribution in [0.25, 0.3) is 27.7 Å². The third-order valence-corrected chi connectivity index (χ3v) is 8.47. The van der Waals surface area contributed by atoms with Crippen molar-refractivity contribution in [3.63, 3.8) is 0 Å². The minimum atomic E-state index is -0.351. The Morgan fingerprint density at radius 2 is 1.46 bits per heavy atom. The van der Waals surface area contributed by atoms with Gasteiger partial charge < -0.3 is 34.1 Å². The SMILES string of the molecule is O=C(Nc1ccc(OCCOCCOCCOCCNCc2cccc3c2ccn3Cc2ccccc2)nc1)c1ccn2c(n1)nc1ccccc12. The van der Waals surface area contributed by atoms with E-state index in [1.165, 1.54) is 28.2 Å². The molecular weight excluding hydrogens is 658 g/mol. The van der Waals surface area contributed by atoms with E-state index in [0.29, 0.717) is 63.6 Å². The lowest BCUT2D eigenvalue weighted by molar-refractivity contribution is 0.00959. The lowest BCUT2D eigenvalue weighted by atomic mass is 10.1. The molecule has 7 aromatic rings. The molecule has 0 aliphatic rings. The van der Waals surface area contributed by atoms with Crippen molar-refractivity contribution >= 4 is 39.3 Å². The molecule has 0 saturated carbocycles. The molecule has 3 aromatic carbocycles. The van der Waals surface area contributed by atoms with Crippen LogP contribution in [-0.4, -0.2) is 82.6 Å². The molecule has 0 atom stereocenters. The van der Waals surface area contributed by atoms with Gasteiger partial charge in [0.05, 0.1) is 62.6 Å². The summed E-state index contributed by atoms with van der Waals surface area (Å²) in [6.45, 7) is 5.71. The summed E-state index contributed by atoms with van der Waals surface area (Å²) >= 11 is 0. The normalized spacial score (nSPS) is 11.5. The predicted octanol–water partition coefficient (Wildman–Crippen LogP) is 5.75. The molecule has 0 spiro atoms. The Kier molecular flexibility index (Phi) is 11.7. The summed E-state index contributed by atoms with van der Waals surface area (Å²) in [6, 6.07) is 32.0. The van der Waals surface area contributed by atoms with Crippen molar-refractivity contribution in [3.05, 3.63) is 132 Å². The highest BCUT2D eigenvalue weighted by Gasteiger charge is 2.12. The van der Waals surface area contributed by atoms with Crippen LogP contribution in [0.2, 0.25) is 0 Å². The minimum absolute atomic E-state index is 0.260. The van der Waals surface area contributed by atoms with Crippen molar-refractivity contribution < 1.29 is 23.7 Å². The summed E-state index contributed by atoms with van der Waals surface area (Å²) in [6.07, 6.45) is 5.49. The van der Waals surface area contributed by atoms with Crippen molar-refractivity contribution in [2.45, 2.75) is 13.1 Å². The van der Waals surface area contributed by atoms with Gasteiger partial charge in [-0.15, -0.1) is 0 Å². The van der Waals surface area contributed by atoms with Crippen molar-refractivity contribution in [2.75, 3.05) is 58.1 Å². The van der Waals surface area contributed by atoms with E-state index in [1.54, 1.807) is 24.4 Å². The second-order valence-electron chi connectivity index (χ2n) is 12.1. The summed E-state index contributed by atoms with van der Waals surface area (Å²) in [5, 5.41) is 7.57. The van der Waals surface area contributed by atoms with Gasteiger partial charge in [-0.3, -0.25) is 9.20 Å². The molecule has 7 rings (SSSR count). The molecular formula is C40H41N7O5. The second kappa shape index (κ2) is 17.5. The number of benzene rings is 3. The van der Waals surface area contributed by atoms with Gasteiger partial charge in [-0.2, -0.15) is 0 Å². The molecule has 0 saturated heterocycles. The number of ether oxygens (including phenoxy) is 4. The van der Waals surface area contributed by atoms with E-state index in [9.17, 15) is 4.79 Å². The number of nitrogens with one attached hydrogen (secondary N) is 2. The summed E-state index contributed by atoms with van der Waals surface area (Å²) < 4.78 is 26.7. The average molecular weight is 700 g/mol. The summed E-state index contributed by atoms with van der Waals surface area (Å²) in [4.78, 5) is 25.9. The quantitative estimate of drug-likeness (QED) is 0.102. The van der Waals surface area contributed by atoms with E-state index in [2.05, 4.69) is 84.9 Å². The zero-order valence-electron chi connectivity index (χ0n) is 28.8. The maximum Gasteiger partial charge on any atom is 0.274 e. The number of carbonyl (C=O) groups is 1. The average Bonchev–Trinajstić information content (AvgIpc) is 3.77. The number of anilines is 1. The number of fused-ring (bicyclic) bond motifs is 4. The van der Waals surface area contributed by atoms with Crippen LogP contribution in [0.4, 0.5) is 5.69 Å². The Morgan fingerprint density at radius 3 is 2.29 bits per heavy atom. The largest absolute Gasteiger partial charge is 0.475 e. The number of carbonyl (C=O) groups excluding carboxylic acids is 1. The first kappa shape index (κ1) is 34.8. The molecule has 266 valence electrons. The van der Waals surface area contributed by atoms with E-state index in [4.69, 9.17) is 18.9 Å². The zero-order valence-corrected chi connectivity index (χ0v) is 28.8. The fourth-order valence-electron chi connectivity index (χ4n) is 5.88. The molecule has 0 unspecified atom stereocenters. The van der Waals surface area contributed by atoms with Crippen LogP contribution in [0.1, 0.15) is 21.6 Å². The van der Waals surface area contributed by atoms with E-state index in [1.807, 2.05) is 34.7 Å². The Labute approximate surface area is 301 Å². The van der Waals surface area contributed by atoms with Gasteiger partial charge in [-0.25, -0.2) is 15.0 Å². The van der Waals surface area contributed by atoms with E-state index in [-0.39, 0.29) is 11.6 Å². The first-order valence-electron chi connectivity index (χ1n) is 17.4. The van der Waals surface area contributed by atoms with Gasteiger partial charge >= 0.3 is 0 Å². The van der Waals surface area contributed by atoms with Crippen LogP contribution in [0.15, 0.2) is 116 Å². The fraction of sp³-hybridized carbons (Fsp3) is 0.250. The van der Waals surface area contributed by atoms with E-state index < -0.39 is 0 Å². The number of pyridine rings is 1. The number of aromatic nitrogens is 5. The van der Waals surface area contributed by atoms with Gasteiger partial charge in [0.25, 0.3) is 5.91 Å². The lowest BCUT2D eigenvalue weighted by Crippen LogP contribution is -2.20. The highest BCUT2D eigenvalue weighted by molar-refractivity contribution is 6.03. The second-order valence-corrected chi connectivity index (χ2v) is 12.1. The van der Waals surface area contributed by atoms with Crippen LogP contribution in [-0.2, 0) is 27.3 Å². The summed E-state index contributed by atoms with van der Waals surface area (Å²) in [7, 11) is 0. The molecule has 4 aromatic heterocycles. The van der Waals surface area contributed by atoms with Crippen LogP contribution < -0.4 is 15.4 Å². The predicted molar refractivity (Wildman–Crippen MR) is 200 cm³/mol. The third kappa shape index (κ3) is 8.97. The molecule has 52 heavy (non-hydrogen) atoms. The Morgan fingerprint density at radius 1 is 0.692 bits per heavy atom. The standard InChI is InChI=1S/C40H41N7O5/c48-39(35-16-19-47-37-11-5-4-10-34(37)44-40(47)45-35)43-32-13-14-38(42-28-32)52-26-25-51-24-23-50-22-21-49-20-17-41-27-31-9-6-12-36-33(31)15-18-46(36)29-30-7-2-1-3-8-30/h1-16,18-19,28,41H,17,20-27,29H2,(H,43,48). The Hall–Kier alpha value is -5.66. The highest BCUT2D eigenvalue weighted by atomic mass is 16.6. The Balaban J connectivity index is 0.706. The maximum atomic E-state index is 12.8. The van der Waals surface area contributed by atoms with Gasteiger partial charge in [0.1, 0.15) is 12.3 Å². The molecule has 0 fully saturated rings. The van der Waals surface area contributed by atoms with E-state index in [0.717, 1.165) is 30.7 Å². The number of hydrogen-bond donors (Lipinski definition) is 2. The number of hydrogen-bond acceptors (Lipinski definition) is 9. The first-order valence-corrected chi connectivity index (χ1v) is 17.4. The number of nitrogens with zero attached hydrogens (tertiary/aromatic N) is 5. The lowest BCUT2D eigenvalue weighted by Gasteiger charge is -2.10. The molecule has 0 bridgehead atoms. The monoisotopic (exact) mass is 699 g/mol. The van der Waals surface area contributed by atoms with Crippen molar-refractivity contribution in [2.24, 2.45) is 0 Å². The van der Waals surface area contributed by atoms with Crippen molar-refractivity contribution in [1.29, 1.82) is 0 Å². The summed E-state index contributed by atoms with van der Waals surface area (Å²) in [5.74, 6) is 0.545. The Bertz CT molecular complexity index is 2200. The molecule has 2 N–H and O–H groups in total. The first-order chi connectivity index (χ1) is 25.7. The topological polar surface area (TPSA) is 126 Å². The molecule has 1 amide bonds. The number of amides is 1. The molecule has 4 heterocycles. The van der Waals surface area contributed by atoms with Crippen LogP contribution in [0.5, 0.6) is 5.88 Å². The van der Waals surface area contributed by atoms with Crippen LogP contribution in [0.3, 0.4) is 0 Å². The minimum Gasteiger partial charge on any atom is -0.475 e. The molecule has 0 radical (unpaired) electrons. The third-order valence-electron chi connectivity index (χ3n) is 8.47.